The molecule has 0 aliphatic carbocycles. The molecule has 0 amide bonds. The molecular formula is C13H11FN2. The van der Waals surface area contributed by atoms with Gasteiger partial charge in [0, 0.05) is 18.0 Å². The zero-order chi connectivity index (χ0) is 11.4. The molecule has 1 aromatic heterocycles. The second-order valence-corrected chi connectivity index (χ2v) is 3.41. The third-order valence-corrected chi connectivity index (χ3v) is 2.16. The Labute approximate surface area is 93.3 Å². The van der Waals surface area contributed by atoms with E-state index in [2.05, 4.69) is 4.98 Å². The number of aromatic nitrogens is 1. The van der Waals surface area contributed by atoms with E-state index in [0.29, 0.717) is 0 Å². The molecule has 2 nitrogen and oxygen atoms in total. The highest BCUT2D eigenvalue weighted by atomic mass is 18.2. The van der Waals surface area contributed by atoms with E-state index >= 15 is 0 Å². The van der Waals surface area contributed by atoms with Crippen molar-refractivity contribution >= 4 is 17.8 Å². The van der Waals surface area contributed by atoms with E-state index in [1.165, 1.54) is 12.3 Å². The molecule has 1 heterocycles. The van der Waals surface area contributed by atoms with Crippen LogP contribution in [-0.4, -0.2) is 4.98 Å². The highest BCUT2D eigenvalue weighted by Gasteiger charge is 1.92. The van der Waals surface area contributed by atoms with Crippen molar-refractivity contribution in [2.45, 2.75) is 0 Å². The second kappa shape index (κ2) is 4.57. The summed E-state index contributed by atoms with van der Waals surface area (Å²) in [4.78, 5) is 3.49. The number of nitrogen functional groups attached to an aromatic ring is 1. The molecule has 0 saturated heterocycles. The van der Waals surface area contributed by atoms with E-state index in [-0.39, 0.29) is 0 Å². The minimum absolute atomic E-state index is 0.473. The van der Waals surface area contributed by atoms with Crippen LogP contribution in [0, 0.1) is 5.95 Å². The number of hydrogen-bond donors (Lipinski definition) is 1. The summed E-state index contributed by atoms with van der Waals surface area (Å²) in [5.74, 6) is -0.473. The highest BCUT2D eigenvalue weighted by Crippen LogP contribution is 2.10. The Bertz CT molecular complexity index is 504. The highest BCUT2D eigenvalue weighted by molar-refractivity contribution is 5.69. The lowest BCUT2D eigenvalue weighted by molar-refractivity contribution is 0.583. The summed E-state index contributed by atoms with van der Waals surface area (Å²) in [6, 6.07) is 10.6. The van der Waals surface area contributed by atoms with Gasteiger partial charge in [0.15, 0.2) is 0 Å². The van der Waals surface area contributed by atoms with Crippen LogP contribution in [0.2, 0.25) is 0 Å². The Morgan fingerprint density at radius 1 is 1.00 bits per heavy atom. The maximum atomic E-state index is 12.8. The van der Waals surface area contributed by atoms with Gasteiger partial charge in [-0.1, -0.05) is 24.3 Å². The number of anilines is 1. The first-order chi connectivity index (χ1) is 7.74. The van der Waals surface area contributed by atoms with E-state index in [1.54, 1.807) is 6.07 Å². The molecule has 0 fully saturated rings. The molecular weight excluding hydrogens is 202 g/mol. The minimum Gasteiger partial charge on any atom is -0.399 e. The standard InChI is InChI=1S/C13H11FN2/c14-13-9-11(7-8-16-13)2-1-10-3-5-12(15)6-4-10/h1-9H,15H2/b2-1+/i14-1. The van der Waals surface area contributed by atoms with Crippen LogP contribution in [-0.2, 0) is 0 Å². The molecule has 1 aromatic carbocycles. The molecule has 2 N–H and O–H groups in total. The molecule has 2 rings (SSSR count). The Balaban J connectivity index is 2.18. The van der Waals surface area contributed by atoms with Gasteiger partial charge in [-0.2, -0.15) is 4.39 Å². The largest absolute Gasteiger partial charge is 0.399 e. The quantitative estimate of drug-likeness (QED) is 0.615. The summed E-state index contributed by atoms with van der Waals surface area (Å²) in [5, 5.41) is 0. The molecule has 0 unspecified atom stereocenters. The van der Waals surface area contributed by atoms with Crippen LogP contribution in [0.5, 0.6) is 0 Å². The molecule has 2 aromatic rings. The SMILES string of the molecule is Nc1ccc(/C=C/c2ccnc([18F])c2)cc1. The zero-order valence-corrected chi connectivity index (χ0v) is 8.60. The summed E-state index contributed by atoms with van der Waals surface area (Å²) >= 11 is 0. The van der Waals surface area contributed by atoms with Gasteiger partial charge in [-0.25, -0.2) is 4.98 Å². The molecule has 0 atom stereocenters. The Morgan fingerprint density at radius 3 is 2.38 bits per heavy atom. The van der Waals surface area contributed by atoms with Gasteiger partial charge in [0.25, 0.3) is 0 Å². The Hall–Kier alpha value is -2.16. The first kappa shape index (κ1) is 10.4. The second-order valence-electron chi connectivity index (χ2n) is 3.41. The normalized spacial score (nSPS) is 10.8. The van der Waals surface area contributed by atoms with Crippen molar-refractivity contribution in [1.82, 2.24) is 4.98 Å². The van der Waals surface area contributed by atoms with Crippen molar-refractivity contribution < 1.29 is 4.39 Å². The van der Waals surface area contributed by atoms with Crippen LogP contribution in [0.1, 0.15) is 11.1 Å². The van der Waals surface area contributed by atoms with Gasteiger partial charge in [-0.05, 0) is 29.3 Å². The van der Waals surface area contributed by atoms with Gasteiger partial charge in [-0.15, -0.1) is 0 Å². The summed E-state index contributed by atoms with van der Waals surface area (Å²) in [7, 11) is 0. The van der Waals surface area contributed by atoms with Crippen LogP contribution in [0.4, 0.5) is 10.1 Å². The number of nitrogens with zero attached hydrogens (tertiary/aromatic N) is 1. The fraction of sp³-hybridized carbons (Fsp3) is 0. The van der Waals surface area contributed by atoms with E-state index in [4.69, 9.17) is 5.73 Å². The minimum atomic E-state index is -0.473. The van der Waals surface area contributed by atoms with Crippen LogP contribution in [0.25, 0.3) is 12.2 Å². The Morgan fingerprint density at radius 2 is 1.69 bits per heavy atom. The molecule has 0 aliphatic heterocycles. The Kier molecular flexibility index (Phi) is 2.96. The predicted molar refractivity (Wildman–Crippen MR) is 64.0 cm³/mol. The lowest BCUT2D eigenvalue weighted by Crippen LogP contribution is -1.83. The molecule has 0 aliphatic rings. The fourth-order valence-electron chi connectivity index (χ4n) is 1.32. The van der Waals surface area contributed by atoms with Gasteiger partial charge in [0.05, 0.1) is 0 Å². The molecule has 0 bridgehead atoms. The fourth-order valence-corrected chi connectivity index (χ4v) is 1.32. The maximum Gasteiger partial charge on any atom is 0.213 e. The third-order valence-electron chi connectivity index (χ3n) is 2.16. The first-order valence-corrected chi connectivity index (χ1v) is 4.89. The molecule has 3 heteroatoms. The number of pyridine rings is 1. The van der Waals surface area contributed by atoms with Crippen LogP contribution in [0.15, 0.2) is 42.6 Å². The van der Waals surface area contributed by atoms with Gasteiger partial charge < -0.3 is 5.73 Å². The number of hydrogen-bond acceptors (Lipinski definition) is 2. The van der Waals surface area contributed by atoms with Crippen LogP contribution in [0.3, 0.4) is 0 Å². The molecule has 0 radical (unpaired) electrons. The van der Waals surface area contributed by atoms with E-state index in [0.717, 1.165) is 16.8 Å². The van der Waals surface area contributed by atoms with E-state index in [1.807, 2.05) is 36.4 Å². The predicted octanol–water partition coefficient (Wildman–Crippen LogP) is 2.97. The smallest absolute Gasteiger partial charge is 0.213 e. The van der Waals surface area contributed by atoms with Gasteiger partial charge in [0.2, 0.25) is 5.95 Å². The third kappa shape index (κ3) is 2.67. The van der Waals surface area contributed by atoms with Crippen LogP contribution >= 0.6 is 0 Å². The van der Waals surface area contributed by atoms with Crippen molar-refractivity contribution in [2.75, 3.05) is 5.73 Å². The first-order valence-electron chi connectivity index (χ1n) is 4.89. The van der Waals surface area contributed by atoms with E-state index < -0.39 is 5.95 Å². The van der Waals surface area contributed by atoms with Gasteiger partial charge in [-0.3, -0.25) is 0 Å². The molecule has 80 valence electrons. The summed E-state index contributed by atoms with van der Waals surface area (Å²) < 4.78 is 12.8. The lowest BCUT2D eigenvalue weighted by atomic mass is 10.1. The summed E-state index contributed by atoms with van der Waals surface area (Å²) in [6.45, 7) is 0. The molecule has 0 spiro atoms. The van der Waals surface area contributed by atoms with Gasteiger partial charge >= 0.3 is 0 Å². The van der Waals surface area contributed by atoms with Crippen molar-refractivity contribution in [3.8, 4) is 0 Å². The lowest BCUT2D eigenvalue weighted by Gasteiger charge is -1.95. The number of nitrogens with two attached hydrogens (primary N) is 1. The van der Waals surface area contributed by atoms with E-state index in [9.17, 15) is 4.39 Å². The number of halogens is 1. The van der Waals surface area contributed by atoms with Crippen molar-refractivity contribution in [3.63, 3.8) is 0 Å². The molecule has 0 saturated carbocycles. The maximum absolute atomic E-state index is 12.8. The average Bonchev–Trinajstić information content (AvgIpc) is 2.28. The van der Waals surface area contributed by atoms with Crippen molar-refractivity contribution in [2.24, 2.45) is 0 Å². The van der Waals surface area contributed by atoms with Crippen molar-refractivity contribution in [1.29, 1.82) is 0 Å². The monoisotopic (exact) mass is 213 g/mol. The zero-order valence-electron chi connectivity index (χ0n) is 8.60. The summed E-state index contributed by atoms with van der Waals surface area (Å²) in [6.07, 6.45) is 5.17. The van der Waals surface area contributed by atoms with Crippen molar-refractivity contribution in [3.05, 3.63) is 59.7 Å². The van der Waals surface area contributed by atoms with Gasteiger partial charge in [0.1, 0.15) is 0 Å². The number of rotatable bonds is 2. The van der Waals surface area contributed by atoms with Crippen LogP contribution < -0.4 is 5.73 Å². The average molecular weight is 213 g/mol. The number of benzene rings is 1. The topological polar surface area (TPSA) is 38.9 Å². The summed E-state index contributed by atoms with van der Waals surface area (Å²) in [5.41, 5.74) is 8.10. The molecule has 16 heavy (non-hydrogen) atoms.